The zero-order valence-corrected chi connectivity index (χ0v) is 41.5. The van der Waals surface area contributed by atoms with Gasteiger partial charge < -0.3 is 14.0 Å². The molecule has 0 saturated carbocycles. The van der Waals surface area contributed by atoms with Gasteiger partial charge in [0, 0.05) is 49.9 Å². The molecule has 12 aromatic carbocycles. The fourth-order valence-electron chi connectivity index (χ4n) is 13.4. The standard InChI is InChI=1S/C73H47N3/c1-4-20-48(21-5-1)49-38-42-53(43-39-49)74(68-37-19-34-65-72(68)59-29-12-16-33-64(59)73(65)62-31-14-10-26-56(62)57-27-11-15-32-63(57)73)54-44-40-50(41-45-54)55-30-18-36-67-71(55)61-46-60-58-28-13-17-35-66(58)75(51-22-6-2-7-23-51)69(60)47-70(61)76(67)52-24-8-3-9-25-52/h1-47H. The van der Waals surface area contributed by atoms with Gasteiger partial charge in [0.05, 0.1) is 33.2 Å². The van der Waals surface area contributed by atoms with E-state index in [0.717, 1.165) is 34.0 Å². The average Bonchev–Trinajstić information content (AvgIpc) is 4.27. The maximum absolute atomic E-state index is 2.49. The molecule has 354 valence electrons. The molecular weight excluding hydrogens is 919 g/mol. The van der Waals surface area contributed by atoms with Gasteiger partial charge in [-0.05, 0) is 140 Å². The van der Waals surface area contributed by atoms with Gasteiger partial charge in [-0.15, -0.1) is 0 Å². The highest BCUT2D eigenvalue weighted by Crippen LogP contribution is 2.64. The minimum absolute atomic E-state index is 0.457. The molecule has 14 aromatic rings. The van der Waals surface area contributed by atoms with E-state index in [1.165, 1.54) is 105 Å². The van der Waals surface area contributed by atoms with Crippen LogP contribution in [0.1, 0.15) is 22.3 Å². The lowest BCUT2D eigenvalue weighted by Gasteiger charge is -2.32. The monoisotopic (exact) mass is 965 g/mol. The lowest BCUT2D eigenvalue weighted by molar-refractivity contribution is 0.794. The Morgan fingerprint density at radius 3 is 1.39 bits per heavy atom. The highest BCUT2D eigenvalue weighted by molar-refractivity contribution is 6.22. The quantitative estimate of drug-likeness (QED) is 0.155. The molecule has 0 atom stereocenters. The van der Waals surface area contributed by atoms with Gasteiger partial charge in [-0.2, -0.15) is 0 Å². The van der Waals surface area contributed by atoms with Crippen LogP contribution in [0, 0.1) is 0 Å². The number of benzene rings is 12. The van der Waals surface area contributed by atoms with Crippen molar-refractivity contribution in [3.63, 3.8) is 0 Å². The molecule has 0 saturated heterocycles. The Balaban J connectivity index is 0.909. The first-order chi connectivity index (χ1) is 37.7. The van der Waals surface area contributed by atoms with E-state index < -0.39 is 5.41 Å². The number of hydrogen-bond acceptors (Lipinski definition) is 1. The molecule has 1 spiro atoms. The topological polar surface area (TPSA) is 13.1 Å². The third-order valence-corrected chi connectivity index (χ3v) is 16.5. The maximum Gasteiger partial charge on any atom is 0.0726 e. The van der Waals surface area contributed by atoms with Crippen LogP contribution in [0.5, 0.6) is 0 Å². The van der Waals surface area contributed by atoms with Crippen LogP contribution in [0.25, 0.3) is 99.5 Å². The summed E-state index contributed by atoms with van der Waals surface area (Å²) >= 11 is 0. The molecule has 0 radical (unpaired) electrons. The molecule has 2 aliphatic carbocycles. The summed E-state index contributed by atoms with van der Waals surface area (Å²) in [4.78, 5) is 2.49. The summed E-state index contributed by atoms with van der Waals surface area (Å²) in [7, 11) is 0. The Labute approximate surface area is 441 Å². The van der Waals surface area contributed by atoms with Crippen LogP contribution in [0.4, 0.5) is 17.1 Å². The number of para-hydroxylation sites is 3. The van der Waals surface area contributed by atoms with Crippen LogP contribution in [0.2, 0.25) is 0 Å². The predicted octanol–water partition coefficient (Wildman–Crippen LogP) is 19.0. The molecule has 16 rings (SSSR count). The summed E-state index contributed by atoms with van der Waals surface area (Å²) in [5.41, 5.74) is 25.1. The van der Waals surface area contributed by atoms with Gasteiger partial charge in [0.15, 0.2) is 0 Å². The van der Waals surface area contributed by atoms with E-state index in [-0.39, 0.29) is 0 Å². The average molecular weight is 966 g/mol. The van der Waals surface area contributed by atoms with E-state index in [1.807, 2.05) is 0 Å². The number of fused-ring (bicyclic) bond motifs is 16. The van der Waals surface area contributed by atoms with Crippen LogP contribution >= 0.6 is 0 Å². The first-order valence-electron chi connectivity index (χ1n) is 26.3. The lowest BCUT2D eigenvalue weighted by atomic mass is 9.70. The van der Waals surface area contributed by atoms with Crippen molar-refractivity contribution in [3.8, 4) is 55.9 Å². The molecular formula is C73H47N3. The van der Waals surface area contributed by atoms with Crippen LogP contribution in [0.15, 0.2) is 285 Å². The predicted molar refractivity (Wildman–Crippen MR) is 317 cm³/mol. The van der Waals surface area contributed by atoms with E-state index in [0.29, 0.717) is 0 Å². The second-order valence-electron chi connectivity index (χ2n) is 20.3. The molecule has 0 unspecified atom stereocenters. The van der Waals surface area contributed by atoms with Crippen LogP contribution in [-0.4, -0.2) is 9.13 Å². The largest absolute Gasteiger partial charge is 0.310 e. The van der Waals surface area contributed by atoms with Crippen molar-refractivity contribution in [2.75, 3.05) is 4.90 Å². The molecule has 0 fully saturated rings. The highest BCUT2D eigenvalue weighted by Gasteiger charge is 2.52. The van der Waals surface area contributed by atoms with Crippen LogP contribution < -0.4 is 4.90 Å². The minimum atomic E-state index is -0.457. The van der Waals surface area contributed by atoms with E-state index >= 15 is 0 Å². The molecule has 2 aromatic heterocycles. The Bertz CT molecular complexity index is 4560. The van der Waals surface area contributed by atoms with Crippen molar-refractivity contribution in [1.29, 1.82) is 0 Å². The number of rotatable bonds is 7. The number of hydrogen-bond donors (Lipinski definition) is 0. The van der Waals surface area contributed by atoms with Gasteiger partial charge in [-0.1, -0.05) is 206 Å². The maximum atomic E-state index is 2.49. The molecule has 0 N–H and O–H groups in total. The van der Waals surface area contributed by atoms with Crippen molar-refractivity contribution in [2.24, 2.45) is 0 Å². The minimum Gasteiger partial charge on any atom is -0.310 e. The van der Waals surface area contributed by atoms with Gasteiger partial charge in [0.2, 0.25) is 0 Å². The lowest BCUT2D eigenvalue weighted by Crippen LogP contribution is -2.26. The first kappa shape index (κ1) is 42.5. The molecule has 0 aliphatic heterocycles. The summed E-state index contributed by atoms with van der Waals surface area (Å²) in [6, 6.07) is 106. The van der Waals surface area contributed by atoms with Crippen molar-refractivity contribution >= 4 is 60.7 Å². The Morgan fingerprint density at radius 1 is 0.276 bits per heavy atom. The summed E-state index contributed by atoms with van der Waals surface area (Å²) in [5, 5.41) is 4.94. The number of aromatic nitrogens is 2. The molecule has 76 heavy (non-hydrogen) atoms. The zero-order chi connectivity index (χ0) is 49.9. The number of nitrogens with zero attached hydrogens (tertiary/aromatic N) is 3. The second-order valence-corrected chi connectivity index (χ2v) is 20.3. The van der Waals surface area contributed by atoms with Crippen LogP contribution in [0.3, 0.4) is 0 Å². The van der Waals surface area contributed by atoms with Gasteiger partial charge >= 0.3 is 0 Å². The van der Waals surface area contributed by atoms with Gasteiger partial charge in [0.25, 0.3) is 0 Å². The molecule has 3 nitrogen and oxygen atoms in total. The Hall–Kier alpha value is -9.96. The fraction of sp³-hybridized carbons (Fsp3) is 0.0137. The van der Waals surface area contributed by atoms with E-state index in [2.05, 4.69) is 299 Å². The van der Waals surface area contributed by atoms with Crippen molar-refractivity contribution in [1.82, 2.24) is 9.13 Å². The van der Waals surface area contributed by atoms with E-state index in [1.54, 1.807) is 0 Å². The normalized spacial score (nSPS) is 12.8. The molecule has 3 heteroatoms. The molecule has 2 heterocycles. The molecule has 0 bridgehead atoms. The van der Waals surface area contributed by atoms with Crippen molar-refractivity contribution in [3.05, 3.63) is 307 Å². The first-order valence-corrected chi connectivity index (χ1v) is 26.3. The summed E-state index contributed by atoms with van der Waals surface area (Å²) in [6.45, 7) is 0. The summed E-state index contributed by atoms with van der Waals surface area (Å²) in [5.74, 6) is 0. The smallest absolute Gasteiger partial charge is 0.0726 e. The van der Waals surface area contributed by atoms with Crippen LogP contribution in [-0.2, 0) is 5.41 Å². The fourth-order valence-corrected chi connectivity index (χ4v) is 13.4. The third kappa shape index (κ3) is 5.99. The van der Waals surface area contributed by atoms with Crippen molar-refractivity contribution in [2.45, 2.75) is 5.41 Å². The highest BCUT2D eigenvalue weighted by atomic mass is 15.1. The Kier molecular flexibility index (Phi) is 9.25. The van der Waals surface area contributed by atoms with Gasteiger partial charge in [0.1, 0.15) is 0 Å². The summed E-state index contributed by atoms with van der Waals surface area (Å²) in [6.07, 6.45) is 0. The molecule has 2 aliphatic rings. The zero-order valence-electron chi connectivity index (χ0n) is 41.5. The van der Waals surface area contributed by atoms with Crippen molar-refractivity contribution < 1.29 is 0 Å². The third-order valence-electron chi connectivity index (χ3n) is 16.5. The van der Waals surface area contributed by atoms with E-state index in [4.69, 9.17) is 0 Å². The van der Waals surface area contributed by atoms with Gasteiger partial charge in [-0.3, -0.25) is 0 Å². The molecule has 0 amide bonds. The summed E-state index contributed by atoms with van der Waals surface area (Å²) < 4.78 is 4.88. The number of anilines is 3. The Morgan fingerprint density at radius 2 is 0.737 bits per heavy atom. The SMILES string of the molecule is c1ccc(-c2ccc(N(c3ccc(-c4cccc5c4c4cc6c7ccccc7n(-c7ccccc7)c6cc4n5-c4ccccc4)cc3)c3cccc4c3-c3ccccc3C43c4ccccc4-c4ccccc43)cc2)cc1. The van der Waals surface area contributed by atoms with E-state index in [9.17, 15) is 0 Å². The van der Waals surface area contributed by atoms with Gasteiger partial charge in [-0.25, -0.2) is 0 Å². The second kappa shape index (κ2) is 16.5.